The maximum Gasteiger partial charge on any atom is 0.334 e. The summed E-state index contributed by atoms with van der Waals surface area (Å²) in [4.78, 5) is 44.4. The van der Waals surface area contributed by atoms with Gasteiger partial charge >= 0.3 is 6.03 Å². The highest BCUT2D eigenvalue weighted by Crippen LogP contribution is 2.32. The number of urea groups is 1. The minimum atomic E-state index is -0.808. The molecule has 2 fully saturated rings. The summed E-state index contributed by atoms with van der Waals surface area (Å²) in [5.74, 6) is -0.0755. The molecule has 3 aromatic rings. The van der Waals surface area contributed by atoms with Gasteiger partial charge in [-0.25, -0.2) is 19.2 Å². The van der Waals surface area contributed by atoms with Crippen molar-refractivity contribution in [1.82, 2.24) is 25.1 Å². The number of benzene rings is 3. The highest BCUT2D eigenvalue weighted by atomic mass is 19.1. The number of methoxy groups -OCH3 is 1. The Morgan fingerprint density at radius 1 is 1.00 bits per heavy atom. The quantitative estimate of drug-likeness (QED) is 0.479. The van der Waals surface area contributed by atoms with Gasteiger partial charge in [0.2, 0.25) is 11.8 Å². The van der Waals surface area contributed by atoms with Crippen molar-refractivity contribution >= 4 is 17.8 Å². The molecule has 9 nitrogen and oxygen atoms in total. The van der Waals surface area contributed by atoms with Crippen LogP contribution in [0, 0.1) is 5.82 Å². The minimum Gasteiger partial charge on any atom is -0.497 e. The van der Waals surface area contributed by atoms with Gasteiger partial charge in [-0.15, -0.1) is 0 Å². The standard InChI is InChI=1S/C31H34FN5O4/c1-21(24-11-13-25(32)14-12-24)35-19-28-36(27(30(35)39)17-22-7-5-4-6-8-22)29(38)20-34(2)37(28)31(40)33-18-23-9-15-26(41-3)16-10-23/h4-16,21,27-28H,17-20H2,1-3H3,(H,33,40)/t21?,27-,28-/m0/s1. The van der Waals surface area contributed by atoms with Crippen molar-refractivity contribution in [1.29, 1.82) is 0 Å². The molecule has 1 unspecified atom stereocenters. The number of fused-ring (bicyclic) bond motifs is 1. The van der Waals surface area contributed by atoms with E-state index in [2.05, 4.69) is 5.32 Å². The predicted molar refractivity (Wildman–Crippen MR) is 151 cm³/mol. The second kappa shape index (κ2) is 12.0. The summed E-state index contributed by atoms with van der Waals surface area (Å²) in [6.45, 7) is 2.21. The maximum atomic E-state index is 14.0. The molecule has 41 heavy (non-hydrogen) atoms. The Hall–Kier alpha value is -4.44. The van der Waals surface area contributed by atoms with E-state index < -0.39 is 18.2 Å². The Kier molecular flexibility index (Phi) is 8.21. The van der Waals surface area contributed by atoms with Crippen LogP contribution in [0.5, 0.6) is 5.75 Å². The number of rotatable bonds is 7. The summed E-state index contributed by atoms with van der Waals surface area (Å²) in [6, 6.07) is 21.4. The van der Waals surface area contributed by atoms with E-state index in [9.17, 15) is 18.8 Å². The molecule has 0 spiro atoms. The van der Waals surface area contributed by atoms with E-state index in [0.29, 0.717) is 6.42 Å². The number of carbonyl (C=O) groups is 3. The Labute approximate surface area is 239 Å². The number of hydrogen-bond acceptors (Lipinski definition) is 5. The zero-order chi connectivity index (χ0) is 29.1. The first-order valence-corrected chi connectivity index (χ1v) is 13.6. The summed E-state index contributed by atoms with van der Waals surface area (Å²) in [5.41, 5.74) is 2.56. The van der Waals surface area contributed by atoms with Crippen molar-refractivity contribution in [2.24, 2.45) is 0 Å². The van der Waals surface area contributed by atoms with Gasteiger partial charge in [-0.05, 0) is 47.9 Å². The summed E-state index contributed by atoms with van der Waals surface area (Å²) in [7, 11) is 3.29. The van der Waals surface area contributed by atoms with Crippen molar-refractivity contribution < 1.29 is 23.5 Å². The number of hydrogen-bond donors (Lipinski definition) is 1. The van der Waals surface area contributed by atoms with Crippen LogP contribution in [-0.2, 0) is 22.6 Å². The van der Waals surface area contributed by atoms with Gasteiger partial charge in [0.25, 0.3) is 0 Å². The first-order valence-electron chi connectivity index (χ1n) is 13.6. The number of nitrogens with one attached hydrogen (secondary N) is 1. The highest BCUT2D eigenvalue weighted by molar-refractivity contribution is 5.92. The fourth-order valence-corrected chi connectivity index (χ4v) is 5.57. The van der Waals surface area contributed by atoms with E-state index in [4.69, 9.17) is 4.74 Å². The zero-order valence-electron chi connectivity index (χ0n) is 23.4. The van der Waals surface area contributed by atoms with E-state index in [1.54, 1.807) is 41.1 Å². The Morgan fingerprint density at radius 2 is 1.68 bits per heavy atom. The van der Waals surface area contributed by atoms with Crippen LogP contribution in [0.1, 0.15) is 29.7 Å². The molecule has 0 aromatic heterocycles. The first kappa shape index (κ1) is 28.1. The molecule has 0 aliphatic carbocycles. The molecule has 4 amide bonds. The molecule has 2 saturated heterocycles. The third-order valence-corrected chi connectivity index (χ3v) is 7.79. The lowest BCUT2D eigenvalue weighted by molar-refractivity contribution is -0.189. The molecular formula is C31H34FN5O4. The SMILES string of the molecule is COc1ccc(CNC(=O)N2[C@H]3CN(C(C)c4ccc(F)cc4)C(=O)[C@H](Cc4ccccc4)N3C(=O)CN2C)cc1. The summed E-state index contributed by atoms with van der Waals surface area (Å²) in [5, 5.41) is 6.09. The zero-order valence-corrected chi connectivity index (χ0v) is 23.4. The lowest BCUT2D eigenvalue weighted by atomic mass is 9.96. The van der Waals surface area contributed by atoms with Crippen LogP contribution >= 0.6 is 0 Å². The van der Waals surface area contributed by atoms with Crippen LogP contribution in [0.2, 0.25) is 0 Å². The Bertz CT molecular complexity index is 1390. The van der Waals surface area contributed by atoms with E-state index in [1.807, 2.05) is 61.5 Å². The summed E-state index contributed by atoms with van der Waals surface area (Å²) >= 11 is 0. The van der Waals surface area contributed by atoms with Gasteiger partial charge in [0.1, 0.15) is 23.8 Å². The number of hydrazine groups is 1. The van der Waals surface area contributed by atoms with E-state index in [0.717, 1.165) is 22.4 Å². The molecule has 3 aromatic carbocycles. The van der Waals surface area contributed by atoms with E-state index in [1.165, 1.54) is 17.1 Å². The van der Waals surface area contributed by atoms with Crippen molar-refractivity contribution in [2.45, 2.75) is 38.1 Å². The normalized spacial score (nSPS) is 20.0. The Balaban J connectivity index is 1.45. The average molecular weight is 560 g/mol. The molecule has 5 rings (SSSR count). The molecule has 3 atom stereocenters. The van der Waals surface area contributed by atoms with Crippen LogP contribution in [0.15, 0.2) is 78.9 Å². The van der Waals surface area contributed by atoms with Crippen LogP contribution < -0.4 is 10.1 Å². The monoisotopic (exact) mass is 559 g/mol. The molecule has 0 bridgehead atoms. The average Bonchev–Trinajstić information content (AvgIpc) is 2.98. The number of likely N-dealkylation sites (N-methyl/N-ethyl adjacent to an activating group) is 1. The van der Waals surface area contributed by atoms with Crippen LogP contribution in [-0.4, -0.2) is 77.1 Å². The topological polar surface area (TPSA) is 85.4 Å². The van der Waals surface area contributed by atoms with E-state index in [-0.39, 0.29) is 43.3 Å². The van der Waals surface area contributed by atoms with E-state index >= 15 is 0 Å². The number of nitrogens with zero attached hydrogens (tertiary/aromatic N) is 4. The van der Waals surface area contributed by atoms with Gasteiger partial charge in [-0.1, -0.05) is 54.6 Å². The third-order valence-electron chi connectivity index (χ3n) is 7.79. The van der Waals surface area contributed by atoms with Crippen molar-refractivity contribution in [3.8, 4) is 5.75 Å². The summed E-state index contributed by atoms with van der Waals surface area (Å²) < 4.78 is 18.9. The van der Waals surface area contributed by atoms with Crippen LogP contribution in [0.25, 0.3) is 0 Å². The minimum absolute atomic E-state index is 0.0431. The fourth-order valence-electron chi connectivity index (χ4n) is 5.57. The lowest BCUT2D eigenvalue weighted by Crippen LogP contribution is -2.76. The Morgan fingerprint density at radius 3 is 2.34 bits per heavy atom. The number of carbonyl (C=O) groups excluding carboxylic acids is 3. The molecule has 2 aliphatic rings. The predicted octanol–water partition coefficient (Wildman–Crippen LogP) is 3.58. The van der Waals surface area contributed by atoms with Crippen LogP contribution in [0.4, 0.5) is 9.18 Å². The smallest absolute Gasteiger partial charge is 0.334 e. The highest BCUT2D eigenvalue weighted by Gasteiger charge is 2.51. The molecule has 2 heterocycles. The number of ether oxygens (including phenoxy) is 1. The molecular weight excluding hydrogens is 525 g/mol. The summed E-state index contributed by atoms with van der Waals surface area (Å²) in [6.07, 6.45) is -0.425. The maximum absolute atomic E-state index is 14.0. The van der Waals surface area contributed by atoms with Crippen LogP contribution in [0.3, 0.4) is 0 Å². The van der Waals surface area contributed by atoms with Gasteiger partial charge in [-0.3, -0.25) is 9.59 Å². The number of amides is 4. The van der Waals surface area contributed by atoms with Gasteiger partial charge in [0, 0.05) is 20.0 Å². The fraction of sp³-hybridized carbons (Fsp3) is 0.323. The number of halogens is 1. The van der Waals surface area contributed by atoms with Crippen molar-refractivity contribution in [3.63, 3.8) is 0 Å². The van der Waals surface area contributed by atoms with Crippen molar-refractivity contribution in [2.75, 3.05) is 27.2 Å². The molecule has 0 radical (unpaired) electrons. The first-order chi connectivity index (χ1) is 19.8. The van der Waals surface area contributed by atoms with Gasteiger partial charge in [0.05, 0.1) is 26.2 Å². The molecule has 0 saturated carbocycles. The molecule has 10 heteroatoms. The second-order valence-corrected chi connectivity index (χ2v) is 10.4. The largest absolute Gasteiger partial charge is 0.497 e. The number of piperazine rings is 1. The second-order valence-electron chi connectivity index (χ2n) is 10.4. The van der Waals surface area contributed by atoms with Crippen molar-refractivity contribution in [3.05, 3.63) is 101 Å². The van der Waals surface area contributed by atoms with Gasteiger partial charge in [-0.2, -0.15) is 0 Å². The molecule has 214 valence electrons. The van der Waals surface area contributed by atoms with Gasteiger partial charge in [0.15, 0.2) is 0 Å². The molecule has 1 N–H and O–H groups in total. The van der Waals surface area contributed by atoms with Gasteiger partial charge < -0.3 is 19.9 Å². The third kappa shape index (κ3) is 5.88. The lowest BCUT2D eigenvalue weighted by Gasteiger charge is -2.55. The molecule has 2 aliphatic heterocycles.